The van der Waals surface area contributed by atoms with Crippen LogP contribution >= 0.6 is 11.8 Å². The molecule has 7 heteroatoms. The molecule has 3 aromatic rings. The predicted molar refractivity (Wildman–Crippen MR) is 150 cm³/mol. The van der Waals surface area contributed by atoms with Crippen LogP contribution in [0.15, 0.2) is 59.6 Å². The van der Waals surface area contributed by atoms with Crippen LogP contribution in [0.5, 0.6) is 11.5 Å². The van der Waals surface area contributed by atoms with Gasteiger partial charge in [0.15, 0.2) is 0 Å². The van der Waals surface area contributed by atoms with E-state index in [1.165, 1.54) is 10.5 Å². The van der Waals surface area contributed by atoms with E-state index in [0.29, 0.717) is 11.8 Å². The Bertz CT molecular complexity index is 1150. The summed E-state index contributed by atoms with van der Waals surface area (Å²) in [5.74, 6) is 3.08. The van der Waals surface area contributed by atoms with E-state index in [0.717, 1.165) is 79.9 Å². The smallest absolute Gasteiger partial charge is 0.303 e. The van der Waals surface area contributed by atoms with Crippen molar-refractivity contribution in [3.63, 3.8) is 0 Å². The molecule has 2 heterocycles. The van der Waals surface area contributed by atoms with Crippen LogP contribution in [0.1, 0.15) is 37.7 Å². The van der Waals surface area contributed by atoms with E-state index in [1.54, 1.807) is 14.2 Å². The number of piperidine rings is 1. The van der Waals surface area contributed by atoms with Crippen molar-refractivity contribution in [2.45, 2.75) is 43.4 Å². The normalized spacial score (nSPS) is 18.1. The molecule has 0 unspecified atom stereocenters. The molecule has 1 saturated heterocycles. The van der Waals surface area contributed by atoms with Gasteiger partial charge in [-0.15, -0.1) is 11.8 Å². The predicted octanol–water partition coefficient (Wildman–Crippen LogP) is 6.17. The molecule has 2 atom stereocenters. The fourth-order valence-electron chi connectivity index (χ4n) is 5.42. The van der Waals surface area contributed by atoms with Crippen LogP contribution in [0.25, 0.3) is 10.9 Å². The van der Waals surface area contributed by atoms with Crippen LogP contribution in [0.4, 0.5) is 0 Å². The summed E-state index contributed by atoms with van der Waals surface area (Å²) < 4.78 is 10.7. The molecule has 1 aliphatic heterocycles. The van der Waals surface area contributed by atoms with Crippen molar-refractivity contribution >= 4 is 28.6 Å². The maximum Gasteiger partial charge on any atom is 0.303 e. The zero-order chi connectivity index (χ0) is 26.0. The summed E-state index contributed by atoms with van der Waals surface area (Å²) in [7, 11) is 3.38. The van der Waals surface area contributed by atoms with Gasteiger partial charge >= 0.3 is 5.97 Å². The van der Waals surface area contributed by atoms with Gasteiger partial charge in [0.1, 0.15) is 11.5 Å². The van der Waals surface area contributed by atoms with E-state index in [-0.39, 0.29) is 6.42 Å². The lowest BCUT2D eigenvalue weighted by Crippen LogP contribution is -2.41. The topological polar surface area (TPSA) is 71.9 Å². The van der Waals surface area contributed by atoms with Crippen molar-refractivity contribution in [1.82, 2.24) is 9.88 Å². The Morgan fingerprint density at radius 3 is 2.59 bits per heavy atom. The summed E-state index contributed by atoms with van der Waals surface area (Å²) in [5.41, 5.74) is 2.30. The third-order valence-corrected chi connectivity index (χ3v) is 8.49. The van der Waals surface area contributed by atoms with Gasteiger partial charge in [-0.1, -0.05) is 0 Å². The first-order valence-electron chi connectivity index (χ1n) is 13.2. The maximum absolute atomic E-state index is 11.3. The van der Waals surface area contributed by atoms with Gasteiger partial charge in [-0.2, -0.15) is 0 Å². The van der Waals surface area contributed by atoms with E-state index in [4.69, 9.17) is 9.47 Å². The number of thioether (sulfide) groups is 1. The number of aryl methyl sites for hydroxylation is 1. The quantitative estimate of drug-likeness (QED) is 0.269. The van der Waals surface area contributed by atoms with Crippen LogP contribution in [0.3, 0.4) is 0 Å². The highest BCUT2D eigenvalue weighted by Crippen LogP contribution is 2.33. The number of nitrogens with zero attached hydrogens (tertiary/aromatic N) is 2. The Hall–Kier alpha value is -2.77. The number of benzene rings is 2. The van der Waals surface area contributed by atoms with Crippen LogP contribution < -0.4 is 9.47 Å². The fourth-order valence-corrected chi connectivity index (χ4v) is 6.34. The Morgan fingerprint density at radius 1 is 1.05 bits per heavy atom. The molecular formula is C30H38N2O4S. The molecule has 4 rings (SSSR count). The Balaban J connectivity index is 1.30. The number of aliphatic carboxylic acids is 1. The molecule has 0 spiro atoms. The first kappa shape index (κ1) is 27.3. The minimum Gasteiger partial charge on any atom is -0.497 e. The summed E-state index contributed by atoms with van der Waals surface area (Å²) in [6.07, 6.45) is 7.27. The molecule has 37 heavy (non-hydrogen) atoms. The minimum absolute atomic E-state index is 0.254. The van der Waals surface area contributed by atoms with Crippen LogP contribution in [0.2, 0.25) is 0 Å². The van der Waals surface area contributed by atoms with Gasteiger partial charge in [0.25, 0.3) is 0 Å². The first-order valence-corrected chi connectivity index (χ1v) is 14.2. The monoisotopic (exact) mass is 522 g/mol. The van der Waals surface area contributed by atoms with E-state index in [2.05, 4.69) is 34.1 Å². The Labute approximate surface area is 224 Å². The second-order valence-corrected chi connectivity index (χ2v) is 11.0. The zero-order valence-corrected chi connectivity index (χ0v) is 22.7. The molecule has 198 valence electrons. The number of methoxy groups -OCH3 is 2. The fraction of sp³-hybridized carbons (Fsp3) is 0.467. The molecule has 0 radical (unpaired) electrons. The molecule has 0 amide bonds. The lowest BCUT2D eigenvalue weighted by atomic mass is 9.79. The van der Waals surface area contributed by atoms with Gasteiger partial charge in [-0.3, -0.25) is 9.78 Å². The van der Waals surface area contributed by atoms with Crippen LogP contribution in [-0.2, 0) is 11.2 Å². The third kappa shape index (κ3) is 7.86. The molecule has 0 aliphatic carbocycles. The van der Waals surface area contributed by atoms with Gasteiger partial charge in [0, 0.05) is 41.7 Å². The summed E-state index contributed by atoms with van der Waals surface area (Å²) in [6, 6.07) is 16.4. The molecule has 0 bridgehead atoms. The number of carboxylic acids is 1. The van der Waals surface area contributed by atoms with E-state index in [1.807, 2.05) is 42.2 Å². The van der Waals surface area contributed by atoms with E-state index in [9.17, 15) is 9.90 Å². The van der Waals surface area contributed by atoms with Crippen molar-refractivity contribution in [3.8, 4) is 11.5 Å². The summed E-state index contributed by atoms with van der Waals surface area (Å²) >= 11 is 1.86. The number of hydrogen-bond acceptors (Lipinski definition) is 6. The summed E-state index contributed by atoms with van der Waals surface area (Å²) in [5, 5.41) is 10.5. The number of hydrogen-bond donors (Lipinski definition) is 1. The highest BCUT2D eigenvalue weighted by molar-refractivity contribution is 7.99. The molecule has 1 fully saturated rings. The van der Waals surface area contributed by atoms with Gasteiger partial charge < -0.3 is 19.5 Å². The Morgan fingerprint density at radius 2 is 1.84 bits per heavy atom. The molecule has 2 aromatic carbocycles. The molecule has 6 nitrogen and oxygen atoms in total. The molecule has 1 aliphatic rings. The van der Waals surface area contributed by atoms with Crippen LogP contribution in [0, 0.1) is 11.8 Å². The van der Waals surface area contributed by atoms with E-state index >= 15 is 0 Å². The average Bonchev–Trinajstić information content (AvgIpc) is 2.93. The number of fused-ring (bicyclic) bond motifs is 1. The summed E-state index contributed by atoms with van der Waals surface area (Å²) in [6.45, 7) is 3.11. The molecular weight excluding hydrogens is 484 g/mol. The van der Waals surface area contributed by atoms with Gasteiger partial charge in [-0.25, -0.2) is 0 Å². The molecule has 1 aromatic heterocycles. The number of carboxylic acid groups (broad SMARTS) is 1. The van der Waals surface area contributed by atoms with Gasteiger partial charge in [-0.05, 0) is 105 Å². The number of ether oxygens (including phenoxy) is 2. The molecule has 1 N–H and O–H groups in total. The number of likely N-dealkylation sites (tertiary alicyclic amines) is 1. The average molecular weight is 523 g/mol. The van der Waals surface area contributed by atoms with Crippen molar-refractivity contribution in [2.24, 2.45) is 11.8 Å². The standard InChI is InChI=1S/C30H38N2O4S/c1-35-25-7-10-27(11-8-25)37-19-18-32-17-15-22(24(21-32)6-13-30(33)34)4-3-5-23-14-16-31-29-12-9-26(36-2)20-28(23)29/h7-12,14,16,20,22,24H,3-6,13,15,17-19,21H2,1-2H3,(H,33,34)/t22-,24+/m1/s1. The minimum atomic E-state index is -0.692. The van der Waals surface area contributed by atoms with Crippen molar-refractivity contribution in [1.29, 1.82) is 0 Å². The van der Waals surface area contributed by atoms with Crippen LogP contribution in [-0.4, -0.2) is 60.6 Å². The third-order valence-electron chi connectivity index (χ3n) is 7.50. The van der Waals surface area contributed by atoms with Crippen molar-refractivity contribution < 1.29 is 19.4 Å². The summed E-state index contributed by atoms with van der Waals surface area (Å²) in [4.78, 5) is 19.6. The SMILES string of the molecule is COc1ccc(SCCN2CC[C@@H](CCCc3ccnc4ccc(OC)cc34)[C@@H](CCC(=O)O)C2)cc1. The first-order chi connectivity index (χ1) is 18.1. The highest BCUT2D eigenvalue weighted by Gasteiger charge is 2.29. The van der Waals surface area contributed by atoms with Gasteiger partial charge in [0.2, 0.25) is 0 Å². The zero-order valence-electron chi connectivity index (χ0n) is 21.9. The number of aromatic nitrogens is 1. The van der Waals surface area contributed by atoms with Gasteiger partial charge in [0.05, 0.1) is 19.7 Å². The maximum atomic E-state index is 11.3. The Kier molecular flexibility index (Phi) is 10.1. The largest absolute Gasteiger partial charge is 0.497 e. The lowest BCUT2D eigenvalue weighted by Gasteiger charge is -2.39. The number of rotatable bonds is 13. The number of carbonyl (C=O) groups is 1. The number of pyridine rings is 1. The van der Waals surface area contributed by atoms with E-state index < -0.39 is 5.97 Å². The van der Waals surface area contributed by atoms with Crippen molar-refractivity contribution in [2.75, 3.05) is 39.6 Å². The lowest BCUT2D eigenvalue weighted by molar-refractivity contribution is -0.137. The second kappa shape index (κ2) is 13.7. The molecule has 0 saturated carbocycles. The second-order valence-electron chi connectivity index (χ2n) is 9.81. The highest BCUT2D eigenvalue weighted by atomic mass is 32.2. The van der Waals surface area contributed by atoms with Crippen molar-refractivity contribution in [3.05, 3.63) is 60.3 Å².